The van der Waals surface area contributed by atoms with Gasteiger partial charge in [0.2, 0.25) is 5.91 Å². The summed E-state index contributed by atoms with van der Waals surface area (Å²) in [7, 11) is 3.50. The lowest BCUT2D eigenvalue weighted by atomic mass is 9.84. The van der Waals surface area contributed by atoms with Gasteiger partial charge in [-0.1, -0.05) is 0 Å². The molecule has 6 heteroatoms. The Bertz CT molecular complexity index is 529. The first kappa shape index (κ1) is 16.4. The van der Waals surface area contributed by atoms with Crippen LogP contribution in [0.15, 0.2) is 24.5 Å². The van der Waals surface area contributed by atoms with Crippen molar-refractivity contribution in [3.8, 4) is 0 Å². The number of nitrogens with zero attached hydrogens (tertiary/aromatic N) is 3. The molecule has 2 saturated heterocycles. The van der Waals surface area contributed by atoms with Crippen LogP contribution in [-0.4, -0.2) is 72.8 Å². The van der Waals surface area contributed by atoms with Gasteiger partial charge in [0.25, 0.3) is 0 Å². The molecule has 0 aromatic carbocycles. The van der Waals surface area contributed by atoms with Crippen molar-refractivity contribution in [1.29, 1.82) is 0 Å². The Kier molecular flexibility index (Phi) is 4.94. The Morgan fingerprint density at radius 1 is 1.43 bits per heavy atom. The summed E-state index contributed by atoms with van der Waals surface area (Å²) in [5.41, 5.74) is 1.19. The van der Waals surface area contributed by atoms with Crippen LogP contribution in [0.25, 0.3) is 0 Å². The van der Waals surface area contributed by atoms with Gasteiger partial charge in [-0.15, -0.1) is 0 Å². The SMILES string of the molecule is CN(C)C(=O)COC1CCOC2(C1)CN(Cc1ccncc1)C2. The molecular weight excluding hydrogens is 294 g/mol. The summed E-state index contributed by atoms with van der Waals surface area (Å²) in [5.74, 6) is 0.0125. The second kappa shape index (κ2) is 6.95. The zero-order valence-corrected chi connectivity index (χ0v) is 13.9. The van der Waals surface area contributed by atoms with Gasteiger partial charge in [0, 0.05) is 59.2 Å². The molecule has 1 aromatic heterocycles. The van der Waals surface area contributed by atoms with Crippen molar-refractivity contribution in [2.75, 3.05) is 40.4 Å². The molecule has 2 fully saturated rings. The van der Waals surface area contributed by atoms with E-state index in [-0.39, 0.29) is 24.2 Å². The summed E-state index contributed by atoms with van der Waals surface area (Å²) in [6.45, 7) is 3.66. The third kappa shape index (κ3) is 4.07. The molecule has 3 rings (SSSR count). The second-order valence-electron chi connectivity index (χ2n) is 6.75. The van der Waals surface area contributed by atoms with Gasteiger partial charge in [0.15, 0.2) is 0 Å². The van der Waals surface area contributed by atoms with Crippen LogP contribution in [0.2, 0.25) is 0 Å². The van der Waals surface area contributed by atoms with Crippen molar-refractivity contribution in [3.05, 3.63) is 30.1 Å². The third-order valence-electron chi connectivity index (χ3n) is 4.57. The van der Waals surface area contributed by atoms with E-state index in [4.69, 9.17) is 9.47 Å². The van der Waals surface area contributed by atoms with Crippen LogP contribution in [0.5, 0.6) is 0 Å². The number of pyridine rings is 1. The molecule has 0 aliphatic carbocycles. The number of rotatable bonds is 5. The molecule has 0 bridgehead atoms. The number of aromatic nitrogens is 1. The van der Waals surface area contributed by atoms with E-state index in [1.165, 1.54) is 5.56 Å². The maximum Gasteiger partial charge on any atom is 0.248 e. The highest BCUT2D eigenvalue weighted by Gasteiger charge is 2.47. The van der Waals surface area contributed by atoms with Gasteiger partial charge in [0.05, 0.1) is 11.7 Å². The highest BCUT2D eigenvalue weighted by molar-refractivity contribution is 5.76. The molecular formula is C17H25N3O3. The Balaban J connectivity index is 1.45. The Morgan fingerprint density at radius 3 is 2.87 bits per heavy atom. The van der Waals surface area contributed by atoms with Crippen LogP contribution in [-0.2, 0) is 20.8 Å². The van der Waals surface area contributed by atoms with E-state index < -0.39 is 0 Å². The molecule has 1 aromatic rings. The van der Waals surface area contributed by atoms with E-state index in [1.807, 2.05) is 24.5 Å². The summed E-state index contributed by atoms with van der Waals surface area (Å²) in [4.78, 5) is 19.6. The molecule has 6 nitrogen and oxygen atoms in total. The summed E-state index contributed by atoms with van der Waals surface area (Å²) in [5, 5.41) is 0. The molecule has 1 unspecified atom stereocenters. The molecule has 1 spiro atoms. The summed E-state index contributed by atoms with van der Waals surface area (Å²) in [6, 6.07) is 4.09. The van der Waals surface area contributed by atoms with E-state index >= 15 is 0 Å². The molecule has 3 heterocycles. The van der Waals surface area contributed by atoms with Crippen LogP contribution in [0.4, 0.5) is 0 Å². The van der Waals surface area contributed by atoms with Crippen molar-refractivity contribution < 1.29 is 14.3 Å². The van der Waals surface area contributed by atoms with E-state index in [0.29, 0.717) is 6.61 Å². The highest BCUT2D eigenvalue weighted by atomic mass is 16.5. The number of ether oxygens (including phenoxy) is 2. The molecule has 23 heavy (non-hydrogen) atoms. The summed E-state index contributed by atoms with van der Waals surface area (Å²) < 4.78 is 11.8. The van der Waals surface area contributed by atoms with E-state index in [1.54, 1.807) is 19.0 Å². The zero-order valence-electron chi connectivity index (χ0n) is 13.9. The van der Waals surface area contributed by atoms with Crippen LogP contribution in [0.1, 0.15) is 18.4 Å². The van der Waals surface area contributed by atoms with E-state index in [0.717, 1.165) is 32.5 Å². The van der Waals surface area contributed by atoms with Crippen molar-refractivity contribution in [2.45, 2.75) is 31.1 Å². The fourth-order valence-electron chi connectivity index (χ4n) is 3.29. The van der Waals surface area contributed by atoms with Crippen LogP contribution in [0, 0.1) is 0 Å². The normalized spacial score (nSPS) is 23.5. The van der Waals surface area contributed by atoms with Gasteiger partial charge >= 0.3 is 0 Å². The monoisotopic (exact) mass is 319 g/mol. The largest absolute Gasteiger partial charge is 0.372 e. The van der Waals surface area contributed by atoms with E-state index in [2.05, 4.69) is 9.88 Å². The number of amides is 1. The Hall–Kier alpha value is -1.50. The van der Waals surface area contributed by atoms with Crippen molar-refractivity contribution >= 4 is 5.91 Å². The average molecular weight is 319 g/mol. The fraction of sp³-hybridized carbons (Fsp3) is 0.647. The van der Waals surface area contributed by atoms with Gasteiger partial charge < -0.3 is 14.4 Å². The van der Waals surface area contributed by atoms with Crippen LogP contribution >= 0.6 is 0 Å². The van der Waals surface area contributed by atoms with Gasteiger partial charge in [-0.25, -0.2) is 0 Å². The number of hydrogen-bond acceptors (Lipinski definition) is 5. The quantitative estimate of drug-likeness (QED) is 0.808. The molecule has 0 N–H and O–H groups in total. The van der Waals surface area contributed by atoms with Crippen LogP contribution < -0.4 is 0 Å². The van der Waals surface area contributed by atoms with Crippen molar-refractivity contribution in [2.24, 2.45) is 0 Å². The highest BCUT2D eigenvalue weighted by Crippen LogP contribution is 2.36. The third-order valence-corrected chi connectivity index (χ3v) is 4.57. The van der Waals surface area contributed by atoms with Crippen molar-refractivity contribution in [1.82, 2.24) is 14.8 Å². The predicted molar refractivity (Wildman–Crippen MR) is 85.9 cm³/mol. The molecule has 2 aliphatic rings. The zero-order chi connectivity index (χ0) is 16.3. The molecule has 126 valence electrons. The number of likely N-dealkylation sites (N-methyl/N-ethyl adjacent to an activating group) is 1. The minimum Gasteiger partial charge on any atom is -0.372 e. The lowest BCUT2D eigenvalue weighted by molar-refractivity contribution is -0.200. The first-order chi connectivity index (χ1) is 11.1. The Morgan fingerprint density at radius 2 is 2.17 bits per heavy atom. The second-order valence-corrected chi connectivity index (χ2v) is 6.75. The van der Waals surface area contributed by atoms with Crippen LogP contribution in [0.3, 0.4) is 0 Å². The number of likely N-dealkylation sites (tertiary alicyclic amines) is 1. The average Bonchev–Trinajstić information content (AvgIpc) is 2.52. The predicted octanol–water partition coefficient (Wildman–Crippen LogP) is 0.920. The maximum absolute atomic E-state index is 11.6. The standard InChI is InChI=1S/C17H25N3O3/c1-19(2)16(21)11-22-15-5-8-23-17(9-15)12-20(13-17)10-14-3-6-18-7-4-14/h3-4,6-7,15H,5,8-13H2,1-2H3. The fourth-order valence-corrected chi connectivity index (χ4v) is 3.29. The minimum atomic E-state index is -0.0862. The first-order valence-electron chi connectivity index (χ1n) is 8.13. The number of hydrogen-bond donors (Lipinski definition) is 0. The minimum absolute atomic E-state index is 0.0125. The molecule has 0 saturated carbocycles. The summed E-state index contributed by atoms with van der Waals surface area (Å²) >= 11 is 0. The number of carbonyl (C=O) groups is 1. The smallest absolute Gasteiger partial charge is 0.248 e. The van der Waals surface area contributed by atoms with Crippen molar-refractivity contribution in [3.63, 3.8) is 0 Å². The first-order valence-corrected chi connectivity index (χ1v) is 8.13. The summed E-state index contributed by atoms with van der Waals surface area (Å²) in [6.07, 6.45) is 5.52. The lowest BCUT2D eigenvalue weighted by Gasteiger charge is -2.53. The van der Waals surface area contributed by atoms with Gasteiger partial charge in [-0.3, -0.25) is 14.7 Å². The molecule has 1 atom stereocenters. The van der Waals surface area contributed by atoms with Gasteiger partial charge in [-0.2, -0.15) is 0 Å². The lowest BCUT2D eigenvalue weighted by Crippen LogP contribution is -2.65. The molecule has 1 amide bonds. The van der Waals surface area contributed by atoms with E-state index in [9.17, 15) is 4.79 Å². The maximum atomic E-state index is 11.6. The van der Waals surface area contributed by atoms with Gasteiger partial charge in [0.1, 0.15) is 6.61 Å². The van der Waals surface area contributed by atoms with Gasteiger partial charge in [-0.05, 0) is 24.1 Å². The topological polar surface area (TPSA) is 54.9 Å². The number of carbonyl (C=O) groups excluding carboxylic acids is 1. The Labute approximate surface area is 137 Å². The molecule has 2 aliphatic heterocycles. The molecule has 0 radical (unpaired) electrons.